The number of nitrogens with one attached hydrogen (secondary N) is 1. The minimum absolute atomic E-state index is 0.266. The van der Waals surface area contributed by atoms with Crippen molar-refractivity contribution in [3.63, 3.8) is 0 Å². The van der Waals surface area contributed by atoms with Crippen molar-refractivity contribution in [3.05, 3.63) is 24.3 Å². The Kier molecular flexibility index (Phi) is 4.67. The van der Waals surface area contributed by atoms with Gasteiger partial charge in [-0.1, -0.05) is 0 Å². The summed E-state index contributed by atoms with van der Waals surface area (Å²) < 4.78 is 0. The van der Waals surface area contributed by atoms with Crippen molar-refractivity contribution in [1.29, 1.82) is 0 Å². The molecule has 0 heterocycles. The summed E-state index contributed by atoms with van der Waals surface area (Å²) in [7, 11) is 3.88. The highest BCUT2D eigenvalue weighted by Gasteiger charge is 2.27. The Morgan fingerprint density at radius 1 is 1.24 bits per heavy atom. The van der Waals surface area contributed by atoms with Crippen molar-refractivity contribution in [3.8, 4) is 0 Å². The number of hydrogen-bond acceptors (Lipinski definition) is 3. The maximum absolute atomic E-state index is 12.2. The number of urea groups is 1. The molecule has 0 aliphatic heterocycles. The van der Waals surface area contributed by atoms with Crippen LogP contribution in [0, 0.1) is 5.92 Å². The first kappa shape index (κ1) is 15.2. The van der Waals surface area contributed by atoms with Crippen LogP contribution in [-0.2, 0) is 4.79 Å². The zero-order valence-corrected chi connectivity index (χ0v) is 12.4. The number of benzene rings is 1. The molecule has 0 bridgehead atoms. The van der Waals surface area contributed by atoms with Crippen molar-refractivity contribution >= 4 is 23.4 Å². The first-order valence-electron chi connectivity index (χ1n) is 7.01. The van der Waals surface area contributed by atoms with Crippen LogP contribution < -0.4 is 10.2 Å². The molecule has 1 fully saturated rings. The van der Waals surface area contributed by atoms with Gasteiger partial charge in [0, 0.05) is 32.0 Å². The lowest BCUT2D eigenvalue weighted by molar-refractivity contribution is -0.137. The number of carbonyl (C=O) groups excluding carboxylic acids is 1. The molecule has 114 valence electrons. The summed E-state index contributed by atoms with van der Waals surface area (Å²) in [6.07, 6.45) is 2.14. The maximum atomic E-state index is 12.2. The second-order valence-corrected chi connectivity index (χ2v) is 5.59. The molecule has 1 aliphatic carbocycles. The zero-order valence-electron chi connectivity index (χ0n) is 12.4. The van der Waals surface area contributed by atoms with E-state index in [9.17, 15) is 9.59 Å². The Hall–Kier alpha value is -2.24. The van der Waals surface area contributed by atoms with Gasteiger partial charge < -0.3 is 20.2 Å². The highest BCUT2D eigenvalue weighted by molar-refractivity contribution is 5.91. The summed E-state index contributed by atoms with van der Waals surface area (Å²) in [5, 5.41) is 11.7. The van der Waals surface area contributed by atoms with E-state index in [-0.39, 0.29) is 12.6 Å². The molecule has 1 saturated carbocycles. The van der Waals surface area contributed by atoms with Crippen molar-refractivity contribution in [2.45, 2.75) is 12.8 Å². The Morgan fingerprint density at radius 3 is 2.33 bits per heavy atom. The molecule has 2 amide bonds. The van der Waals surface area contributed by atoms with Gasteiger partial charge in [0.2, 0.25) is 0 Å². The third-order valence-electron chi connectivity index (χ3n) is 3.42. The monoisotopic (exact) mass is 291 g/mol. The molecule has 1 aromatic carbocycles. The lowest BCUT2D eigenvalue weighted by Gasteiger charge is -2.21. The fraction of sp³-hybridized carbons (Fsp3) is 0.467. The van der Waals surface area contributed by atoms with Crippen molar-refractivity contribution < 1.29 is 14.7 Å². The number of carbonyl (C=O) groups is 2. The third kappa shape index (κ3) is 4.66. The molecule has 0 aromatic heterocycles. The van der Waals surface area contributed by atoms with Gasteiger partial charge in [-0.3, -0.25) is 4.79 Å². The van der Waals surface area contributed by atoms with Crippen LogP contribution in [0.4, 0.5) is 16.2 Å². The van der Waals surface area contributed by atoms with Crippen LogP contribution in [0.25, 0.3) is 0 Å². The Morgan fingerprint density at radius 2 is 1.86 bits per heavy atom. The number of carboxylic acids is 1. The fourth-order valence-electron chi connectivity index (χ4n) is 2.04. The molecule has 1 aromatic rings. The quantitative estimate of drug-likeness (QED) is 0.841. The molecule has 0 atom stereocenters. The van der Waals surface area contributed by atoms with E-state index in [1.807, 2.05) is 43.3 Å². The number of aliphatic carboxylic acids is 1. The van der Waals surface area contributed by atoms with Crippen LogP contribution in [0.2, 0.25) is 0 Å². The van der Waals surface area contributed by atoms with E-state index >= 15 is 0 Å². The fourth-order valence-corrected chi connectivity index (χ4v) is 2.04. The van der Waals surface area contributed by atoms with Gasteiger partial charge in [-0.25, -0.2) is 4.79 Å². The van der Waals surface area contributed by atoms with Gasteiger partial charge >= 0.3 is 12.0 Å². The van der Waals surface area contributed by atoms with E-state index in [1.54, 1.807) is 0 Å². The molecular formula is C15H21N3O3. The molecular weight excluding hydrogens is 270 g/mol. The predicted molar refractivity (Wildman–Crippen MR) is 81.7 cm³/mol. The third-order valence-corrected chi connectivity index (χ3v) is 3.42. The lowest BCUT2D eigenvalue weighted by atomic mass is 10.2. The van der Waals surface area contributed by atoms with Crippen LogP contribution in [0.15, 0.2) is 24.3 Å². The van der Waals surface area contributed by atoms with Crippen molar-refractivity contribution in [2.75, 3.05) is 37.4 Å². The van der Waals surface area contributed by atoms with Crippen LogP contribution in [0.1, 0.15) is 12.8 Å². The Balaban J connectivity index is 1.97. The maximum Gasteiger partial charge on any atom is 0.323 e. The predicted octanol–water partition coefficient (Wildman–Crippen LogP) is 2.08. The van der Waals surface area contributed by atoms with E-state index in [4.69, 9.17) is 5.11 Å². The smallest absolute Gasteiger partial charge is 0.323 e. The second kappa shape index (κ2) is 6.47. The SMILES string of the molecule is CN(C)c1ccc(NC(=O)N(CC(=O)O)CC2CC2)cc1. The Labute approximate surface area is 124 Å². The molecule has 6 heteroatoms. The summed E-state index contributed by atoms with van der Waals surface area (Å²) in [5.74, 6) is -0.542. The minimum Gasteiger partial charge on any atom is -0.480 e. The lowest BCUT2D eigenvalue weighted by Crippen LogP contribution is -2.40. The normalized spacial score (nSPS) is 13.6. The first-order valence-corrected chi connectivity index (χ1v) is 7.01. The highest BCUT2D eigenvalue weighted by atomic mass is 16.4. The standard InChI is InChI=1S/C15H21N3O3/c1-17(2)13-7-5-12(6-8-13)16-15(21)18(10-14(19)20)9-11-3-4-11/h5-8,11H,3-4,9-10H2,1-2H3,(H,16,21)(H,19,20). The van der Waals surface area contributed by atoms with E-state index < -0.39 is 5.97 Å². The number of hydrogen-bond donors (Lipinski definition) is 2. The average Bonchev–Trinajstić information content (AvgIpc) is 3.22. The molecule has 2 N–H and O–H groups in total. The number of carboxylic acid groups (broad SMARTS) is 1. The van der Waals surface area contributed by atoms with Gasteiger partial charge in [-0.2, -0.15) is 0 Å². The van der Waals surface area contributed by atoms with Crippen LogP contribution in [0.3, 0.4) is 0 Å². The molecule has 1 aliphatic rings. The van der Waals surface area contributed by atoms with Crippen LogP contribution in [0.5, 0.6) is 0 Å². The van der Waals surface area contributed by atoms with E-state index in [0.29, 0.717) is 18.2 Å². The summed E-state index contributed by atoms with van der Waals surface area (Å²) >= 11 is 0. The van der Waals surface area contributed by atoms with Crippen LogP contribution in [-0.4, -0.2) is 49.2 Å². The first-order chi connectivity index (χ1) is 9.95. The molecule has 0 spiro atoms. The van der Waals surface area contributed by atoms with Gasteiger partial charge in [0.1, 0.15) is 6.54 Å². The number of anilines is 2. The van der Waals surface area contributed by atoms with Gasteiger partial charge in [-0.15, -0.1) is 0 Å². The molecule has 21 heavy (non-hydrogen) atoms. The van der Waals surface area contributed by atoms with Gasteiger partial charge in [0.25, 0.3) is 0 Å². The van der Waals surface area contributed by atoms with E-state index in [1.165, 1.54) is 4.90 Å². The highest BCUT2D eigenvalue weighted by Crippen LogP contribution is 2.29. The minimum atomic E-state index is -0.992. The molecule has 0 saturated heterocycles. The van der Waals surface area contributed by atoms with Crippen molar-refractivity contribution in [2.24, 2.45) is 5.92 Å². The van der Waals surface area contributed by atoms with E-state index in [2.05, 4.69) is 5.32 Å². The zero-order chi connectivity index (χ0) is 15.4. The number of nitrogens with zero attached hydrogens (tertiary/aromatic N) is 2. The molecule has 0 unspecified atom stereocenters. The summed E-state index contributed by atoms with van der Waals surface area (Å²) in [6, 6.07) is 7.06. The summed E-state index contributed by atoms with van der Waals surface area (Å²) in [5.41, 5.74) is 1.70. The number of amides is 2. The van der Waals surface area contributed by atoms with Crippen molar-refractivity contribution in [1.82, 2.24) is 4.90 Å². The molecule has 6 nitrogen and oxygen atoms in total. The molecule has 0 radical (unpaired) electrons. The molecule has 2 rings (SSSR count). The Bertz CT molecular complexity index is 509. The van der Waals surface area contributed by atoms with E-state index in [0.717, 1.165) is 18.5 Å². The summed E-state index contributed by atoms with van der Waals surface area (Å²) in [4.78, 5) is 26.4. The topological polar surface area (TPSA) is 72.9 Å². The van der Waals surface area contributed by atoms with Crippen LogP contribution >= 0.6 is 0 Å². The number of rotatable bonds is 6. The summed E-state index contributed by atoms with van der Waals surface area (Å²) in [6.45, 7) is 0.242. The van der Waals surface area contributed by atoms with Gasteiger partial charge in [0.05, 0.1) is 0 Å². The van der Waals surface area contributed by atoms with Gasteiger partial charge in [-0.05, 0) is 43.0 Å². The second-order valence-electron chi connectivity index (χ2n) is 5.59. The largest absolute Gasteiger partial charge is 0.480 e. The average molecular weight is 291 g/mol. The van der Waals surface area contributed by atoms with Gasteiger partial charge in [0.15, 0.2) is 0 Å².